The van der Waals surface area contributed by atoms with Crippen LogP contribution in [0.3, 0.4) is 0 Å². The maximum atomic E-state index is 12.6. The highest BCUT2D eigenvalue weighted by Gasteiger charge is 2.33. The lowest BCUT2D eigenvalue weighted by Crippen LogP contribution is -2.11. The first-order valence-corrected chi connectivity index (χ1v) is 5.57. The van der Waals surface area contributed by atoms with Crippen molar-refractivity contribution in [3.63, 3.8) is 0 Å². The molecule has 1 rings (SSSR count). The number of nitrogens with one attached hydrogen (secondary N) is 1. The van der Waals surface area contributed by atoms with Crippen LogP contribution in [-0.2, 0) is 6.18 Å². The predicted molar refractivity (Wildman–Crippen MR) is 70.6 cm³/mol. The highest BCUT2D eigenvalue weighted by atomic mass is 35.5. The minimum absolute atomic E-state index is 0.0430. The quantitative estimate of drug-likeness (QED) is 0.510. The minimum Gasteiger partial charge on any atom is -0.389 e. The smallest absolute Gasteiger partial charge is 0.389 e. The van der Waals surface area contributed by atoms with Crippen molar-refractivity contribution < 1.29 is 13.2 Å². The average Bonchev–Trinajstić information content (AvgIpc) is 2.30. The molecule has 0 saturated heterocycles. The normalized spacial score (nSPS) is 11.8. The lowest BCUT2D eigenvalue weighted by atomic mass is 10.2. The Kier molecular flexibility index (Phi) is 4.75. The highest BCUT2D eigenvalue weighted by molar-refractivity contribution is 7.80. The Morgan fingerprint density at radius 3 is 2.58 bits per heavy atom. The first-order chi connectivity index (χ1) is 8.75. The Morgan fingerprint density at radius 1 is 1.47 bits per heavy atom. The summed E-state index contributed by atoms with van der Waals surface area (Å²) in [6, 6.07) is 4.98. The lowest BCUT2D eigenvalue weighted by Gasteiger charge is -2.10. The summed E-state index contributed by atoms with van der Waals surface area (Å²) in [5, 5.41) is 10.8. The van der Waals surface area contributed by atoms with Crippen molar-refractivity contribution in [1.82, 2.24) is 0 Å². The molecule has 3 N–H and O–H groups in total. The van der Waals surface area contributed by atoms with Gasteiger partial charge < -0.3 is 11.1 Å². The van der Waals surface area contributed by atoms with E-state index >= 15 is 0 Å². The zero-order valence-corrected chi connectivity index (χ0v) is 10.8. The zero-order chi connectivity index (χ0) is 14.6. The first-order valence-electron chi connectivity index (χ1n) is 4.79. The molecule has 0 aromatic heterocycles. The topological polar surface area (TPSA) is 61.8 Å². The molecule has 0 aliphatic rings. The summed E-state index contributed by atoms with van der Waals surface area (Å²) in [6.07, 6.45) is -3.43. The van der Waals surface area contributed by atoms with Crippen LogP contribution in [0.25, 0.3) is 0 Å². The molecule has 100 valence electrons. The third kappa shape index (κ3) is 4.12. The van der Waals surface area contributed by atoms with Crippen LogP contribution in [0.2, 0.25) is 5.02 Å². The van der Waals surface area contributed by atoms with Gasteiger partial charge in [0.1, 0.15) is 16.6 Å². The van der Waals surface area contributed by atoms with Crippen LogP contribution in [0.15, 0.2) is 30.0 Å². The SMILES string of the molecule is N#C/C(=C/Nc1ccc(Cl)c(C(F)(F)F)c1)C(N)=S. The summed E-state index contributed by atoms with van der Waals surface area (Å²) in [4.78, 5) is -0.153. The number of benzene rings is 1. The molecule has 19 heavy (non-hydrogen) atoms. The van der Waals surface area contributed by atoms with Gasteiger partial charge >= 0.3 is 6.18 Å². The van der Waals surface area contributed by atoms with Crippen molar-refractivity contribution in [2.45, 2.75) is 6.18 Å². The van der Waals surface area contributed by atoms with Gasteiger partial charge in [-0.15, -0.1) is 0 Å². The second kappa shape index (κ2) is 5.91. The second-order valence-corrected chi connectivity index (χ2v) is 4.22. The van der Waals surface area contributed by atoms with E-state index in [1.54, 1.807) is 6.07 Å². The van der Waals surface area contributed by atoms with Gasteiger partial charge in [-0.05, 0) is 18.2 Å². The monoisotopic (exact) mass is 305 g/mol. The molecule has 0 fully saturated rings. The molecule has 0 saturated carbocycles. The van der Waals surface area contributed by atoms with Gasteiger partial charge in [-0.3, -0.25) is 0 Å². The van der Waals surface area contributed by atoms with Crippen molar-refractivity contribution in [3.8, 4) is 6.07 Å². The molecule has 0 atom stereocenters. The number of nitrogens with zero attached hydrogens (tertiary/aromatic N) is 1. The average molecular weight is 306 g/mol. The number of anilines is 1. The standard InChI is InChI=1S/C11H7ClF3N3S/c12-9-2-1-7(3-8(9)11(13,14)15)18-5-6(4-16)10(17)19/h1-3,5,18H,(H2,17,19)/b6-5-. The van der Waals surface area contributed by atoms with Crippen molar-refractivity contribution in [2.24, 2.45) is 5.73 Å². The van der Waals surface area contributed by atoms with Crippen LogP contribution in [0.5, 0.6) is 0 Å². The fraction of sp³-hybridized carbons (Fsp3) is 0.0909. The molecule has 0 bridgehead atoms. The van der Waals surface area contributed by atoms with E-state index in [0.717, 1.165) is 18.3 Å². The number of thiocarbonyl (C=S) groups is 1. The summed E-state index contributed by atoms with van der Waals surface area (Å²) in [5.41, 5.74) is 4.33. The van der Waals surface area contributed by atoms with Crippen LogP contribution in [-0.4, -0.2) is 4.99 Å². The van der Waals surface area contributed by atoms with Crippen LogP contribution < -0.4 is 11.1 Å². The Labute approximate surface area is 117 Å². The minimum atomic E-state index is -4.56. The Morgan fingerprint density at radius 2 is 2.11 bits per heavy atom. The predicted octanol–water partition coefficient (Wildman–Crippen LogP) is 3.46. The Bertz CT molecular complexity index is 576. The molecular weight excluding hydrogens is 299 g/mol. The Balaban J connectivity index is 3.06. The number of hydrogen-bond donors (Lipinski definition) is 2. The van der Waals surface area contributed by atoms with E-state index in [9.17, 15) is 13.2 Å². The van der Waals surface area contributed by atoms with Crippen LogP contribution in [0.1, 0.15) is 5.56 Å². The van der Waals surface area contributed by atoms with Gasteiger partial charge in [-0.25, -0.2) is 0 Å². The molecule has 0 radical (unpaired) electrons. The van der Waals surface area contributed by atoms with E-state index in [1.165, 1.54) is 6.07 Å². The van der Waals surface area contributed by atoms with Crippen molar-refractivity contribution in [1.29, 1.82) is 5.26 Å². The zero-order valence-electron chi connectivity index (χ0n) is 9.25. The summed E-state index contributed by atoms with van der Waals surface area (Å²) in [7, 11) is 0. The molecule has 0 aliphatic carbocycles. The number of nitriles is 1. The van der Waals surface area contributed by atoms with E-state index in [0.29, 0.717) is 0 Å². The molecular formula is C11H7ClF3N3S. The number of hydrogen-bond acceptors (Lipinski definition) is 3. The summed E-state index contributed by atoms with van der Waals surface area (Å²) in [6.45, 7) is 0. The van der Waals surface area contributed by atoms with Gasteiger partial charge in [0.25, 0.3) is 0 Å². The van der Waals surface area contributed by atoms with Gasteiger partial charge in [0.2, 0.25) is 0 Å². The second-order valence-electron chi connectivity index (χ2n) is 3.37. The van der Waals surface area contributed by atoms with Gasteiger partial charge in [0, 0.05) is 11.9 Å². The first kappa shape index (κ1) is 15.3. The molecule has 0 aliphatic heterocycles. The summed E-state index contributed by atoms with van der Waals surface area (Å²) in [5.74, 6) is 0. The summed E-state index contributed by atoms with van der Waals surface area (Å²) >= 11 is 10.0. The maximum absolute atomic E-state index is 12.6. The largest absolute Gasteiger partial charge is 0.417 e. The number of rotatable bonds is 3. The molecule has 0 heterocycles. The van der Waals surface area contributed by atoms with E-state index in [2.05, 4.69) is 17.5 Å². The van der Waals surface area contributed by atoms with Gasteiger partial charge in [0.05, 0.1) is 10.6 Å². The van der Waals surface area contributed by atoms with Crippen molar-refractivity contribution in [2.75, 3.05) is 5.32 Å². The van der Waals surface area contributed by atoms with Gasteiger partial charge in [-0.2, -0.15) is 18.4 Å². The number of alkyl halides is 3. The third-order valence-corrected chi connectivity index (χ3v) is 2.59. The van der Waals surface area contributed by atoms with Gasteiger partial charge in [-0.1, -0.05) is 23.8 Å². The number of halogens is 4. The fourth-order valence-corrected chi connectivity index (χ4v) is 1.48. The van der Waals surface area contributed by atoms with Crippen LogP contribution >= 0.6 is 23.8 Å². The molecule has 3 nitrogen and oxygen atoms in total. The molecule has 8 heteroatoms. The van der Waals surface area contributed by atoms with Crippen LogP contribution in [0.4, 0.5) is 18.9 Å². The lowest BCUT2D eigenvalue weighted by molar-refractivity contribution is -0.137. The van der Waals surface area contributed by atoms with Crippen LogP contribution in [0, 0.1) is 11.3 Å². The molecule has 0 spiro atoms. The number of nitrogens with two attached hydrogens (primary N) is 1. The van der Waals surface area contributed by atoms with E-state index in [4.69, 9.17) is 22.6 Å². The summed E-state index contributed by atoms with van der Waals surface area (Å²) < 4.78 is 37.8. The van der Waals surface area contributed by atoms with Crippen molar-refractivity contribution in [3.05, 3.63) is 40.6 Å². The molecule has 0 unspecified atom stereocenters. The third-order valence-electron chi connectivity index (χ3n) is 2.04. The maximum Gasteiger partial charge on any atom is 0.417 e. The fourth-order valence-electron chi connectivity index (χ4n) is 1.15. The highest BCUT2D eigenvalue weighted by Crippen LogP contribution is 2.36. The van der Waals surface area contributed by atoms with E-state index in [-0.39, 0.29) is 16.2 Å². The van der Waals surface area contributed by atoms with E-state index in [1.807, 2.05) is 0 Å². The molecule has 0 amide bonds. The molecule has 1 aromatic carbocycles. The van der Waals surface area contributed by atoms with E-state index < -0.39 is 16.8 Å². The van der Waals surface area contributed by atoms with Crippen molar-refractivity contribution >= 4 is 34.5 Å². The Hall–Kier alpha value is -1.78. The van der Waals surface area contributed by atoms with Gasteiger partial charge in [0.15, 0.2) is 0 Å². The molecule has 1 aromatic rings.